The predicted molar refractivity (Wildman–Crippen MR) is 112 cm³/mol. The molecule has 2 aliphatic heterocycles. The SMILES string of the molecule is Cc1cc(C)cc(Cn2cc(CN3CC(N4CCN(C)CC4)CS3(=O)=O)nn2)c1. The van der Waals surface area contributed by atoms with E-state index in [2.05, 4.69) is 59.2 Å². The van der Waals surface area contributed by atoms with Gasteiger partial charge in [-0.05, 0) is 26.5 Å². The monoisotopic (exact) mass is 418 g/mol. The van der Waals surface area contributed by atoms with E-state index in [0.29, 0.717) is 25.3 Å². The minimum atomic E-state index is -3.26. The molecule has 0 bridgehead atoms. The second kappa shape index (κ2) is 8.14. The summed E-state index contributed by atoms with van der Waals surface area (Å²) in [6, 6.07) is 6.49. The van der Waals surface area contributed by atoms with Gasteiger partial charge in [-0.2, -0.15) is 4.31 Å². The smallest absolute Gasteiger partial charge is 0.216 e. The molecule has 0 N–H and O–H groups in total. The van der Waals surface area contributed by atoms with Gasteiger partial charge >= 0.3 is 0 Å². The second-order valence-electron chi connectivity index (χ2n) is 8.47. The zero-order chi connectivity index (χ0) is 20.6. The highest BCUT2D eigenvalue weighted by atomic mass is 32.2. The van der Waals surface area contributed by atoms with Crippen molar-refractivity contribution in [3.05, 3.63) is 46.8 Å². The van der Waals surface area contributed by atoms with Crippen molar-refractivity contribution >= 4 is 10.0 Å². The number of rotatable bonds is 5. The Morgan fingerprint density at radius 2 is 1.72 bits per heavy atom. The van der Waals surface area contributed by atoms with Crippen LogP contribution in [-0.2, 0) is 23.1 Å². The Bertz CT molecular complexity index is 945. The molecule has 2 saturated heterocycles. The molecule has 1 aromatic heterocycles. The van der Waals surface area contributed by atoms with Crippen LogP contribution >= 0.6 is 0 Å². The fourth-order valence-corrected chi connectivity index (χ4v) is 6.08. The minimum absolute atomic E-state index is 0.0685. The molecule has 0 spiro atoms. The lowest BCUT2D eigenvalue weighted by atomic mass is 10.1. The lowest BCUT2D eigenvalue weighted by molar-refractivity contribution is 0.116. The number of nitrogens with zero attached hydrogens (tertiary/aromatic N) is 6. The van der Waals surface area contributed by atoms with Crippen LogP contribution in [0.4, 0.5) is 0 Å². The van der Waals surface area contributed by atoms with E-state index in [1.54, 1.807) is 8.99 Å². The lowest BCUT2D eigenvalue weighted by Gasteiger charge is -2.35. The summed E-state index contributed by atoms with van der Waals surface area (Å²) >= 11 is 0. The van der Waals surface area contributed by atoms with Gasteiger partial charge in [-0.25, -0.2) is 13.1 Å². The molecular formula is C20H30N6O2S. The van der Waals surface area contributed by atoms with Gasteiger partial charge in [-0.15, -0.1) is 5.10 Å². The summed E-state index contributed by atoms with van der Waals surface area (Å²) in [5, 5.41) is 8.43. The van der Waals surface area contributed by atoms with Crippen LogP contribution in [-0.4, -0.2) is 89.1 Å². The molecule has 0 aliphatic carbocycles. The molecular weight excluding hydrogens is 388 g/mol. The number of hydrogen-bond donors (Lipinski definition) is 0. The van der Waals surface area contributed by atoms with Crippen LogP contribution in [0, 0.1) is 13.8 Å². The van der Waals surface area contributed by atoms with Crippen molar-refractivity contribution in [2.24, 2.45) is 0 Å². The number of likely N-dealkylation sites (N-methyl/N-ethyl adjacent to an activating group) is 1. The first-order chi connectivity index (χ1) is 13.8. The summed E-state index contributed by atoms with van der Waals surface area (Å²) in [5.41, 5.74) is 4.30. The van der Waals surface area contributed by atoms with E-state index in [9.17, 15) is 8.42 Å². The summed E-state index contributed by atoms with van der Waals surface area (Å²) in [6.45, 7) is 9.46. The van der Waals surface area contributed by atoms with E-state index in [4.69, 9.17) is 0 Å². The second-order valence-corrected chi connectivity index (χ2v) is 10.5. The van der Waals surface area contributed by atoms with Crippen molar-refractivity contribution in [2.75, 3.05) is 45.5 Å². The topological polar surface area (TPSA) is 74.6 Å². The van der Waals surface area contributed by atoms with Crippen LogP contribution in [0.25, 0.3) is 0 Å². The standard InChI is InChI=1S/C20H30N6O2S/c1-16-8-17(2)10-18(9-16)11-25-12-19(21-22-25)13-26-14-20(15-29(26,27)28)24-6-4-23(3)5-7-24/h8-10,12,20H,4-7,11,13-15H2,1-3H3. The van der Waals surface area contributed by atoms with Gasteiger partial charge in [-0.1, -0.05) is 34.5 Å². The normalized spacial score (nSPS) is 23.6. The van der Waals surface area contributed by atoms with Gasteiger partial charge in [-0.3, -0.25) is 4.90 Å². The van der Waals surface area contributed by atoms with Gasteiger partial charge in [0.1, 0.15) is 0 Å². The van der Waals surface area contributed by atoms with Gasteiger partial charge in [0.15, 0.2) is 0 Å². The third-order valence-electron chi connectivity index (χ3n) is 5.82. The van der Waals surface area contributed by atoms with Crippen LogP contribution in [0.1, 0.15) is 22.4 Å². The maximum Gasteiger partial charge on any atom is 0.216 e. The molecule has 0 radical (unpaired) electrons. The Kier molecular flexibility index (Phi) is 5.74. The van der Waals surface area contributed by atoms with Gasteiger partial charge in [0, 0.05) is 38.8 Å². The molecule has 2 aromatic rings. The number of sulfonamides is 1. The zero-order valence-electron chi connectivity index (χ0n) is 17.5. The third kappa shape index (κ3) is 4.85. The number of aryl methyl sites for hydroxylation is 2. The highest BCUT2D eigenvalue weighted by Crippen LogP contribution is 2.22. The summed E-state index contributed by atoms with van der Waals surface area (Å²) in [5.74, 6) is 0.202. The largest absolute Gasteiger partial charge is 0.304 e. The molecule has 4 rings (SSSR count). The first-order valence-electron chi connectivity index (χ1n) is 10.1. The number of benzene rings is 1. The number of hydrogen-bond acceptors (Lipinski definition) is 6. The molecule has 2 fully saturated rings. The molecule has 0 amide bonds. The summed E-state index contributed by atoms with van der Waals surface area (Å²) in [7, 11) is -1.15. The van der Waals surface area contributed by atoms with E-state index in [1.165, 1.54) is 16.7 Å². The molecule has 1 aromatic carbocycles. The average molecular weight is 419 g/mol. The van der Waals surface area contributed by atoms with E-state index < -0.39 is 10.0 Å². The molecule has 158 valence electrons. The van der Waals surface area contributed by atoms with Crippen LogP contribution < -0.4 is 0 Å². The lowest BCUT2D eigenvalue weighted by Crippen LogP contribution is -2.50. The maximum atomic E-state index is 12.7. The average Bonchev–Trinajstić information content (AvgIpc) is 3.19. The van der Waals surface area contributed by atoms with Gasteiger partial charge in [0.2, 0.25) is 10.0 Å². The van der Waals surface area contributed by atoms with Crippen LogP contribution in [0.2, 0.25) is 0 Å². The Morgan fingerprint density at radius 1 is 1.03 bits per heavy atom. The van der Waals surface area contributed by atoms with Gasteiger partial charge < -0.3 is 4.90 Å². The highest BCUT2D eigenvalue weighted by molar-refractivity contribution is 7.89. The van der Waals surface area contributed by atoms with Crippen molar-refractivity contribution in [2.45, 2.75) is 33.0 Å². The molecule has 1 unspecified atom stereocenters. The van der Waals surface area contributed by atoms with Gasteiger partial charge in [0.25, 0.3) is 0 Å². The van der Waals surface area contributed by atoms with Crippen LogP contribution in [0.5, 0.6) is 0 Å². The molecule has 9 heteroatoms. The van der Waals surface area contributed by atoms with Crippen molar-refractivity contribution in [3.8, 4) is 0 Å². The predicted octanol–water partition coefficient (Wildman–Crippen LogP) is 0.705. The fraction of sp³-hybridized carbons (Fsp3) is 0.600. The first-order valence-corrected chi connectivity index (χ1v) is 11.8. The molecule has 3 heterocycles. The van der Waals surface area contributed by atoms with E-state index in [-0.39, 0.29) is 11.8 Å². The van der Waals surface area contributed by atoms with Crippen molar-refractivity contribution < 1.29 is 8.42 Å². The van der Waals surface area contributed by atoms with Gasteiger partial charge in [0.05, 0.1) is 30.7 Å². The summed E-state index contributed by atoms with van der Waals surface area (Å²) < 4.78 is 28.7. The molecule has 29 heavy (non-hydrogen) atoms. The van der Waals surface area contributed by atoms with Crippen molar-refractivity contribution in [1.82, 2.24) is 29.1 Å². The maximum absolute atomic E-state index is 12.7. The molecule has 2 aliphatic rings. The molecule has 8 nitrogen and oxygen atoms in total. The Labute approximate surface area is 173 Å². The highest BCUT2D eigenvalue weighted by Gasteiger charge is 2.39. The van der Waals surface area contributed by atoms with Crippen molar-refractivity contribution in [1.29, 1.82) is 0 Å². The minimum Gasteiger partial charge on any atom is -0.304 e. The van der Waals surface area contributed by atoms with Crippen LogP contribution in [0.15, 0.2) is 24.4 Å². The summed E-state index contributed by atoms with van der Waals surface area (Å²) in [4.78, 5) is 4.60. The molecule has 1 atom stereocenters. The zero-order valence-corrected chi connectivity index (χ0v) is 18.3. The van der Waals surface area contributed by atoms with E-state index in [1.807, 2.05) is 6.20 Å². The number of aromatic nitrogens is 3. The third-order valence-corrected chi connectivity index (χ3v) is 7.69. The Hall–Kier alpha value is -1.81. The Balaban J connectivity index is 1.40. The quantitative estimate of drug-likeness (QED) is 0.712. The van der Waals surface area contributed by atoms with Crippen LogP contribution in [0.3, 0.4) is 0 Å². The summed E-state index contributed by atoms with van der Waals surface area (Å²) in [6.07, 6.45) is 1.86. The van der Waals surface area contributed by atoms with E-state index >= 15 is 0 Å². The number of piperazine rings is 1. The van der Waals surface area contributed by atoms with E-state index in [0.717, 1.165) is 26.2 Å². The fourth-order valence-electron chi connectivity index (χ4n) is 4.34. The Morgan fingerprint density at radius 3 is 2.41 bits per heavy atom. The molecule has 0 saturated carbocycles. The first kappa shape index (κ1) is 20.5. The van der Waals surface area contributed by atoms with Crippen molar-refractivity contribution in [3.63, 3.8) is 0 Å².